The Labute approximate surface area is 221 Å². The fraction of sp³-hybridized carbons (Fsp3) is 0.444. The standard InChI is InChI=1S/C27H34N8O3/c1-16-14-35(26(36)37-27(4,5)6)17(2)13-34(16)15-19-9-10-28-23(11-19)32-25-30-21-8-7-20(12-22(21)31-25)24-29-18(3)33-38-24/h7-12,16-17H,13-15H2,1-6H3,(H2,28,30,31,32)/t16-,17+/m0/s1. The number of hydrogen-bond acceptors (Lipinski definition) is 9. The molecule has 2 atom stereocenters. The van der Waals surface area contributed by atoms with Crippen molar-refractivity contribution in [2.45, 2.75) is 65.8 Å². The number of aromatic amines is 1. The summed E-state index contributed by atoms with van der Waals surface area (Å²) >= 11 is 0. The predicted molar refractivity (Wildman–Crippen MR) is 144 cm³/mol. The van der Waals surface area contributed by atoms with Crippen LogP contribution < -0.4 is 5.32 Å². The molecule has 4 aromatic rings. The number of fused-ring (bicyclic) bond motifs is 1. The van der Waals surface area contributed by atoms with Gasteiger partial charge in [0, 0.05) is 43.5 Å². The van der Waals surface area contributed by atoms with Gasteiger partial charge >= 0.3 is 6.09 Å². The molecule has 4 heterocycles. The van der Waals surface area contributed by atoms with Gasteiger partial charge in [0.05, 0.1) is 11.0 Å². The van der Waals surface area contributed by atoms with Crippen LogP contribution in [-0.4, -0.2) is 71.8 Å². The quantitative estimate of drug-likeness (QED) is 0.380. The predicted octanol–water partition coefficient (Wildman–Crippen LogP) is 4.89. The van der Waals surface area contributed by atoms with Gasteiger partial charge in [0.15, 0.2) is 5.82 Å². The number of aryl methyl sites for hydroxylation is 1. The Hall–Kier alpha value is -3.99. The number of imidazole rings is 1. The maximum Gasteiger partial charge on any atom is 0.410 e. The average molecular weight is 519 g/mol. The summed E-state index contributed by atoms with van der Waals surface area (Å²) in [4.78, 5) is 33.6. The van der Waals surface area contributed by atoms with Crippen LogP contribution >= 0.6 is 0 Å². The van der Waals surface area contributed by atoms with Crippen molar-refractivity contribution in [3.05, 3.63) is 47.9 Å². The maximum absolute atomic E-state index is 12.7. The lowest BCUT2D eigenvalue weighted by Crippen LogP contribution is -2.58. The zero-order valence-corrected chi connectivity index (χ0v) is 22.6. The first-order valence-electron chi connectivity index (χ1n) is 12.8. The van der Waals surface area contributed by atoms with E-state index in [0.717, 1.165) is 35.2 Å². The molecule has 0 radical (unpaired) electrons. The smallest absolute Gasteiger partial charge is 0.410 e. The SMILES string of the molecule is Cc1noc(-c2ccc3nc(Nc4cc(CN5C[C@@H](C)N(C(=O)OC(C)(C)C)C[C@@H]5C)ccn4)[nH]c3c2)n1. The third-order valence-electron chi connectivity index (χ3n) is 6.46. The molecule has 1 fully saturated rings. The van der Waals surface area contributed by atoms with Crippen molar-refractivity contribution in [1.29, 1.82) is 0 Å². The first-order chi connectivity index (χ1) is 18.0. The van der Waals surface area contributed by atoms with Crippen molar-refractivity contribution < 1.29 is 14.1 Å². The molecule has 0 bridgehead atoms. The number of hydrogen-bond donors (Lipinski definition) is 2. The molecule has 5 rings (SSSR count). The summed E-state index contributed by atoms with van der Waals surface area (Å²) < 4.78 is 10.9. The zero-order valence-electron chi connectivity index (χ0n) is 22.6. The molecule has 0 unspecified atom stereocenters. The number of rotatable bonds is 5. The van der Waals surface area contributed by atoms with Crippen LogP contribution in [0.3, 0.4) is 0 Å². The van der Waals surface area contributed by atoms with E-state index in [4.69, 9.17) is 9.26 Å². The van der Waals surface area contributed by atoms with Crippen molar-refractivity contribution in [3.63, 3.8) is 0 Å². The van der Waals surface area contributed by atoms with E-state index in [2.05, 4.69) is 49.2 Å². The molecule has 1 saturated heterocycles. The number of ether oxygens (including phenoxy) is 1. The van der Waals surface area contributed by atoms with Crippen molar-refractivity contribution in [3.8, 4) is 11.5 Å². The second-order valence-electron chi connectivity index (χ2n) is 10.9. The number of aromatic nitrogens is 5. The maximum atomic E-state index is 12.7. The summed E-state index contributed by atoms with van der Waals surface area (Å²) in [5.41, 5.74) is 3.10. The van der Waals surface area contributed by atoms with E-state index in [1.807, 2.05) is 56.0 Å². The van der Waals surface area contributed by atoms with Crippen molar-refractivity contribution in [2.75, 3.05) is 18.4 Å². The Morgan fingerprint density at radius 1 is 1.16 bits per heavy atom. The van der Waals surface area contributed by atoms with Crippen LogP contribution in [0.5, 0.6) is 0 Å². The molecule has 1 amide bonds. The molecular formula is C27H34N8O3. The number of nitrogens with one attached hydrogen (secondary N) is 2. The van der Waals surface area contributed by atoms with Gasteiger partial charge in [-0.2, -0.15) is 4.98 Å². The Morgan fingerprint density at radius 3 is 2.71 bits per heavy atom. The zero-order chi connectivity index (χ0) is 27.0. The normalized spacial score (nSPS) is 18.6. The molecule has 2 N–H and O–H groups in total. The first-order valence-corrected chi connectivity index (χ1v) is 12.8. The van der Waals surface area contributed by atoms with Crippen molar-refractivity contribution in [1.82, 2.24) is 34.9 Å². The van der Waals surface area contributed by atoms with Gasteiger partial charge < -0.3 is 24.5 Å². The lowest BCUT2D eigenvalue weighted by molar-refractivity contribution is -0.0117. The van der Waals surface area contributed by atoms with Gasteiger partial charge in [0.2, 0.25) is 5.95 Å². The summed E-state index contributed by atoms with van der Waals surface area (Å²) in [6.45, 7) is 13.8. The average Bonchev–Trinajstić information content (AvgIpc) is 3.45. The number of carbonyl (C=O) groups is 1. The van der Waals surface area contributed by atoms with Crippen LogP contribution in [-0.2, 0) is 11.3 Å². The highest BCUT2D eigenvalue weighted by Crippen LogP contribution is 2.25. The molecule has 11 heteroatoms. The number of H-pyrrole nitrogens is 1. The van der Waals surface area contributed by atoms with Crippen LogP contribution in [0.2, 0.25) is 0 Å². The summed E-state index contributed by atoms with van der Waals surface area (Å²) in [5, 5.41) is 7.14. The van der Waals surface area contributed by atoms with E-state index in [9.17, 15) is 4.79 Å². The Morgan fingerprint density at radius 2 is 1.97 bits per heavy atom. The number of amides is 1. The monoisotopic (exact) mass is 518 g/mol. The molecule has 3 aromatic heterocycles. The number of carbonyl (C=O) groups excluding carboxylic acids is 1. The highest BCUT2D eigenvalue weighted by Gasteiger charge is 2.34. The Bertz CT molecular complexity index is 1440. The van der Waals surface area contributed by atoms with E-state index in [0.29, 0.717) is 30.0 Å². The van der Waals surface area contributed by atoms with Gasteiger partial charge in [0.1, 0.15) is 11.4 Å². The number of pyridine rings is 1. The van der Waals surface area contributed by atoms with Gasteiger partial charge in [0.25, 0.3) is 5.89 Å². The van der Waals surface area contributed by atoms with E-state index < -0.39 is 5.60 Å². The van der Waals surface area contributed by atoms with Crippen LogP contribution in [0.4, 0.5) is 16.6 Å². The lowest BCUT2D eigenvalue weighted by atomic mass is 10.1. The van der Waals surface area contributed by atoms with Gasteiger partial charge in [-0.15, -0.1) is 0 Å². The fourth-order valence-corrected chi connectivity index (χ4v) is 4.61. The van der Waals surface area contributed by atoms with E-state index in [1.165, 1.54) is 0 Å². The Balaban J connectivity index is 1.25. The topological polar surface area (TPSA) is 125 Å². The molecule has 0 aliphatic carbocycles. The van der Waals surface area contributed by atoms with Gasteiger partial charge in [-0.05, 0) is 77.4 Å². The molecule has 0 spiro atoms. The number of benzene rings is 1. The fourth-order valence-electron chi connectivity index (χ4n) is 4.61. The molecule has 1 aliphatic heterocycles. The highest BCUT2D eigenvalue weighted by atomic mass is 16.6. The van der Waals surface area contributed by atoms with Crippen molar-refractivity contribution in [2.24, 2.45) is 0 Å². The van der Waals surface area contributed by atoms with Crippen LogP contribution in [0.1, 0.15) is 46.0 Å². The Kier molecular flexibility index (Phi) is 6.78. The summed E-state index contributed by atoms with van der Waals surface area (Å²) in [7, 11) is 0. The van der Waals surface area contributed by atoms with Crippen LogP contribution in [0, 0.1) is 6.92 Å². The molecule has 38 heavy (non-hydrogen) atoms. The molecule has 11 nitrogen and oxygen atoms in total. The minimum Gasteiger partial charge on any atom is -0.444 e. The summed E-state index contributed by atoms with van der Waals surface area (Å²) in [6, 6.07) is 10.0. The van der Waals surface area contributed by atoms with Gasteiger partial charge in [-0.1, -0.05) is 5.16 Å². The minimum atomic E-state index is -0.507. The second-order valence-corrected chi connectivity index (χ2v) is 10.9. The molecule has 1 aromatic carbocycles. The molecule has 1 aliphatic rings. The lowest BCUT2D eigenvalue weighted by Gasteiger charge is -2.44. The third kappa shape index (κ3) is 5.77. The third-order valence-corrected chi connectivity index (χ3v) is 6.46. The molecule has 0 saturated carbocycles. The number of nitrogens with zero attached hydrogens (tertiary/aromatic N) is 6. The largest absolute Gasteiger partial charge is 0.444 e. The first kappa shape index (κ1) is 25.7. The number of piperazine rings is 1. The van der Waals surface area contributed by atoms with E-state index in [1.54, 1.807) is 13.1 Å². The van der Waals surface area contributed by atoms with E-state index in [-0.39, 0.29) is 18.2 Å². The molecular weight excluding hydrogens is 484 g/mol. The van der Waals surface area contributed by atoms with E-state index >= 15 is 0 Å². The minimum absolute atomic E-state index is 0.0528. The van der Waals surface area contributed by atoms with Gasteiger partial charge in [-0.3, -0.25) is 4.90 Å². The van der Waals surface area contributed by atoms with Crippen LogP contribution in [0.25, 0.3) is 22.5 Å². The molecule has 200 valence electrons. The highest BCUT2D eigenvalue weighted by molar-refractivity contribution is 5.82. The summed E-state index contributed by atoms with van der Waals surface area (Å²) in [6.07, 6.45) is 1.54. The summed E-state index contributed by atoms with van der Waals surface area (Å²) in [5.74, 6) is 2.35. The number of anilines is 2. The van der Waals surface area contributed by atoms with Crippen LogP contribution in [0.15, 0.2) is 41.1 Å². The van der Waals surface area contributed by atoms with Gasteiger partial charge in [-0.25, -0.2) is 14.8 Å². The second kappa shape index (κ2) is 10.1. The van der Waals surface area contributed by atoms with Crippen molar-refractivity contribution >= 4 is 28.9 Å².